The molecule has 0 radical (unpaired) electrons. The zero-order valence-corrected chi connectivity index (χ0v) is 20.0. The zero-order valence-electron chi connectivity index (χ0n) is 20.0. The second kappa shape index (κ2) is 10.5. The summed E-state index contributed by atoms with van der Waals surface area (Å²) in [5, 5.41) is 6.89. The Morgan fingerprint density at radius 3 is 2.35 bits per heavy atom. The zero-order chi connectivity index (χ0) is 23.3. The van der Waals surface area contributed by atoms with E-state index in [1.54, 1.807) is 0 Å². The third-order valence-corrected chi connectivity index (χ3v) is 6.30. The first-order valence-electron chi connectivity index (χ1n) is 12.2. The summed E-state index contributed by atoms with van der Waals surface area (Å²) < 4.78 is 13.0. The molecule has 0 unspecified atom stereocenters. The maximum atomic E-state index is 5.46. The first kappa shape index (κ1) is 22.8. The maximum Gasteiger partial charge on any atom is 0.231 e. The van der Waals surface area contributed by atoms with Gasteiger partial charge in [0.1, 0.15) is 0 Å². The summed E-state index contributed by atoms with van der Waals surface area (Å²) in [6, 6.07) is 8.66. The molecule has 10 nitrogen and oxygen atoms in total. The number of benzene rings is 1. The molecule has 2 N–H and O–H groups in total. The fraction of sp³-hybridized carbons (Fsp3) is 0.542. The predicted molar refractivity (Wildman–Crippen MR) is 134 cm³/mol. The average Bonchev–Trinajstić information content (AvgIpc) is 3.30. The van der Waals surface area contributed by atoms with Crippen molar-refractivity contribution in [2.24, 2.45) is 0 Å². The molecule has 2 fully saturated rings. The largest absolute Gasteiger partial charge is 0.379 e. The molecule has 2 aromatic heterocycles. The predicted octanol–water partition coefficient (Wildman–Crippen LogP) is 2.73. The van der Waals surface area contributed by atoms with E-state index in [1.165, 1.54) is 5.69 Å². The van der Waals surface area contributed by atoms with E-state index < -0.39 is 0 Å². The third kappa shape index (κ3) is 5.24. The Kier molecular flexibility index (Phi) is 7.08. The highest BCUT2D eigenvalue weighted by Gasteiger charge is 2.16. The third-order valence-electron chi connectivity index (χ3n) is 6.30. The number of imidazole rings is 1. The van der Waals surface area contributed by atoms with Crippen molar-refractivity contribution in [1.29, 1.82) is 0 Å². The highest BCUT2D eigenvalue weighted by Crippen LogP contribution is 2.26. The van der Waals surface area contributed by atoms with Crippen LogP contribution in [-0.2, 0) is 9.47 Å². The lowest BCUT2D eigenvalue weighted by Gasteiger charge is -2.28. The highest BCUT2D eigenvalue weighted by atomic mass is 16.5. The van der Waals surface area contributed by atoms with Crippen LogP contribution < -0.4 is 15.5 Å². The van der Waals surface area contributed by atoms with Gasteiger partial charge in [-0.05, 0) is 38.1 Å². The molecule has 0 saturated carbocycles. The normalized spacial score (nSPS) is 17.4. The minimum Gasteiger partial charge on any atom is -0.379 e. The van der Waals surface area contributed by atoms with Crippen molar-refractivity contribution in [2.75, 3.05) is 81.2 Å². The Morgan fingerprint density at radius 2 is 1.65 bits per heavy atom. The van der Waals surface area contributed by atoms with Crippen molar-refractivity contribution in [2.45, 2.75) is 19.9 Å². The lowest BCUT2D eigenvalue weighted by molar-refractivity contribution is 0.0398. The quantitative estimate of drug-likeness (QED) is 0.520. The number of nitrogens with one attached hydrogen (secondary N) is 2. The second-order valence-electron chi connectivity index (χ2n) is 8.97. The van der Waals surface area contributed by atoms with E-state index in [0.29, 0.717) is 5.95 Å². The van der Waals surface area contributed by atoms with Gasteiger partial charge in [0, 0.05) is 56.7 Å². The summed E-state index contributed by atoms with van der Waals surface area (Å²) >= 11 is 0. The molecule has 0 atom stereocenters. The van der Waals surface area contributed by atoms with Crippen LogP contribution in [-0.4, -0.2) is 90.1 Å². The van der Waals surface area contributed by atoms with Gasteiger partial charge in [-0.3, -0.25) is 4.90 Å². The minimum atomic E-state index is 0.252. The summed E-state index contributed by atoms with van der Waals surface area (Å²) in [7, 11) is 0. The molecule has 4 heterocycles. The second-order valence-corrected chi connectivity index (χ2v) is 8.97. The molecule has 0 bridgehead atoms. The molecule has 10 heteroatoms. The first-order valence-corrected chi connectivity index (χ1v) is 12.2. The van der Waals surface area contributed by atoms with Crippen LogP contribution in [0.15, 0.2) is 30.6 Å². The van der Waals surface area contributed by atoms with E-state index in [1.807, 2.05) is 6.33 Å². The molecule has 34 heavy (non-hydrogen) atoms. The Hall–Kier alpha value is -2.95. The van der Waals surface area contributed by atoms with E-state index in [9.17, 15) is 0 Å². The van der Waals surface area contributed by atoms with Crippen molar-refractivity contribution in [3.63, 3.8) is 0 Å². The van der Waals surface area contributed by atoms with Gasteiger partial charge in [0.2, 0.25) is 5.95 Å². The molecule has 2 aliphatic rings. The van der Waals surface area contributed by atoms with Crippen LogP contribution in [0.2, 0.25) is 0 Å². The van der Waals surface area contributed by atoms with Gasteiger partial charge >= 0.3 is 0 Å². The topological polar surface area (TPSA) is 92.6 Å². The van der Waals surface area contributed by atoms with Crippen molar-refractivity contribution >= 4 is 34.3 Å². The summed E-state index contributed by atoms with van der Waals surface area (Å²) in [5.41, 5.74) is 3.77. The lowest BCUT2D eigenvalue weighted by atomic mass is 10.2. The molecule has 2 aliphatic heterocycles. The summed E-state index contributed by atoms with van der Waals surface area (Å²) in [4.78, 5) is 18.9. The van der Waals surface area contributed by atoms with Gasteiger partial charge in [0.15, 0.2) is 17.0 Å². The van der Waals surface area contributed by atoms with Gasteiger partial charge in [-0.25, -0.2) is 4.98 Å². The minimum absolute atomic E-state index is 0.252. The Bertz CT molecular complexity index is 1070. The Balaban J connectivity index is 1.34. The molecular weight excluding hydrogens is 432 g/mol. The fourth-order valence-electron chi connectivity index (χ4n) is 4.34. The lowest BCUT2D eigenvalue weighted by Crippen LogP contribution is -2.39. The number of hydrogen-bond acceptors (Lipinski definition) is 9. The monoisotopic (exact) mass is 466 g/mol. The molecule has 182 valence electrons. The SMILES string of the molecule is CC(C)n1cnc2c(NCCN3CCOCC3)nc(Nc3ccc(N4CCOCC4)cc3)nc21. The van der Waals surface area contributed by atoms with Crippen LogP contribution in [0.1, 0.15) is 19.9 Å². The van der Waals surface area contributed by atoms with E-state index >= 15 is 0 Å². The Morgan fingerprint density at radius 1 is 0.941 bits per heavy atom. The number of ether oxygens (including phenoxy) is 2. The van der Waals surface area contributed by atoms with Gasteiger partial charge in [0.25, 0.3) is 0 Å². The van der Waals surface area contributed by atoms with Gasteiger partial charge in [0.05, 0.1) is 32.8 Å². The van der Waals surface area contributed by atoms with Crippen molar-refractivity contribution < 1.29 is 9.47 Å². The van der Waals surface area contributed by atoms with E-state index in [4.69, 9.17) is 19.4 Å². The summed E-state index contributed by atoms with van der Waals surface area (Å²) in [6.45, 7) is 12.9. The van der Waals surface area contributed by atoms with Crippen molar-refractivity contribution in [3.05, 3.63) is 30.6 Å². The number of fused-ring (bicyclic) bond motifs is 1. The van der Waals surface area contributed by atoms with Gasteiger partial charge in [-0.1, -0.05) is 0 Å². The molecule has 0 spiro atoms. The van der Waals surface area contributed by atoms with Crippen LogP contribution >= 0.6 is 0 Å². The van der Waals surface area contributed by atoms with Crippen LogP contribution in [0.3, 0.4) is 0 Å². The summed E-state index contributed by atoms with van der Waals surface area (Å²) in [6.07, 6.45) is 1.85. The Labute approximate surface area is 200 Å². The number of aromatic nitrogens is 4. The van der Waals surface area contributed by atoms with E-state index in [0.717, 1.165) is 88.4 Å². The number of hydrogen-bond donors (Lipinski definition) is 2. The number of rotatable bonds is 8. The summed E-state index contributed by atoms with van der Waals surface area (Å²) in [5.74, 6) is 1.31. The van der Waals surface area contributed by atoms with Crippen LogP contribution in [0.4, 0.5) is 23.1 Å². The van der Waals surface area contributed by atoms with Crippen molar-refractivity contribution in [3.8, 4) is 0 Å². The van der Waals surface area contributed by atoms with E-state index in [-0.39, 0.29) is 6.04 Å². The molecule has 0 amide bonds. The van der Waals surface area contributed by atoms with Gasteiger partial charge in [-0.2, -0.15) is 9.97 Å². The molecular formula is C24H34N8O2. The molecule has 3 aromatic rings. The average molecular weight is 467 g/mol. The first-order chi connectivity index (χ1) is 16.7. The van der Waals surface area contributed by atoms with E-state index in [2.05, 4.69) is 68.1 Å². The molecule has 5 rings (SSSR count). The van der Waals surface area contributed by atoms with Crippen LogP contribution in [0.5, 0.6) is 0 Å². The molecule has 2 saturated heterocycles. The standard InChI is InChI=1S/C24H34N8O2/c1-18(2)32-17-26-21-22(25-7-8-30-9-13-33-14-10-30)28-24(29-23(21)32)27-19-3-5-20(6-4-19)31-11-15-34-16-12-31/h3-6,17-18H,7-16H2,1-2H3,(H2,25,27,28,29). The van der Waals surface area contributed by atoms with Crippen LogP contribution in [0.25, 0.3) is 11.2 Å². The molecule has 0 aliphatic carbocycles. The molecule has 1 aromatic carbocycles. The highest BCUT2D eigenvalue weighted by molar-refractivity contribution is 5.84. The fourth-order valence-corrected chi connectivity index (χ4v) is 4.34. The number of nitrogens with zero attached hydrogens (tertiary/aromatic N) is 6. The van der Waals surface area contributed by atoms with Gasteiger partial charge < -0.3 is 29.6 Å². The van der Waals surface area contributed by atoms with Crippen molar-refractivity contribution in [1.82, 2.24) is 24.4 Å². The maximum absolute atomic E-state index is 5.46. The number of anilines is 4. The smallest absolute Gasteiger partial charge is 0.231 e. The van der Waals surface area contributed by atoms with Gasteiger partial charge in [-0.15, -0.1) is 0 Å². The van der Waals surface area contributed by atoms with Crippen LogP contribution in [0, 0.1) is 0 Å². The number of morpholine rings is 2.